The molecule has 1 aliphatic carbocycles. The first-order valence-electron chi connectivity index (χ1n) is 7.68. The molecule has 1 fully saturated rings. The fourth-order valence-electron chi connectivity index (χ4n) is 3.52. The van der Waals surface area contributed by atoms with Crippen LogP contribution in [0.1, 0.15) is 59.8 Å². The number of hydrogen-bond acceptors (Lipinski definition) is 2. The van der Waals surface area contributed by atoms with Gasteiger partial charge >= 0.3 is 0 Å². The zero-order valence-electron chi connectivity index (χ0n) is 13.5. The van der Waals surface area contributed by atoms with Crippen LogP contribution in [0, 0.1) is 16.7 Å². The molecule has 19 heavy (non-hydrogen) atoms. The van der Waals surface area contributed by atoms with E-state index >= 15 is 0 Å². The lowest BCUT2D eigenvalue weighted by Gasteiger charge is -2.37. The van der Waals surface area contributed by atoms with Gasteiger partial charge < -0.3 is 10.6 Å². The van der Waals surface area contributed by atoms with Crippen LogP contribution in [-0.4, -0.2) is 30.9 Å². The molecule has 0 heterocycles. The zero-order chi connectivity index (χ0) is 14.7. The highest BCUT2D eigenvalue weighted by atomic mass is 16.2. The van der Waals surface area contributed by atoms with Gasteiger partial charge in [-0.2, -0.15) is 0 Å². The molecule has 3 heteroatoms. The van der Waals surface area contributed by atoms with Crippen molar-refractivity contribution in [2.45, 2.75) is 59.8 Å². The second-order valence-electron chi connectivity index (χ2n) is 7.61. The van der Waals surface area contributed by atoms with Gasteiger partial charge in [0.1, 0.15) is 0 Å². The summed E-state index contributed by atoms with van der Waals surface area (Å²) in [7, 11) is 1.94. The van der Waals surface area contributed by atoms with Gasteiger partial charge in [0.05, 0.1) is 0 Å². The van der Waals surface area contributed by atoms with Crippen molar-refractivity contribution >= 4 is 5.91 Å². The molecule has 0 aliphatic heterocycles. The monoisotopic (exact) mass is 268 g/mol. The van der Waals surface area contributed by atoms with E-state index in [1.54, 1.807) is 0 Å². The average molecular weight is 268 g/mol. The van der Waals surface area contributed by atoms with Crippen LogP contribution in [0.15, 0.2) is 0 Å². The topological polar surface area (TPSA) is 46.3 Å². The summed E-state index contributed by atoms with van der Waals surface area (Å²) in [6, 6.07) is 0. The highest BCUT2D eigenvalue weighted by molar-refractivity contribution is 5.82. The van der Waals surface area contributed by atoms with Gasteiger partial charge in [0.25, 0.3) is 0 Å². The van der Waals surface area contributed by atoms with E-state index in [4.69, 9.17) is 5.73 Å². The summed E-state index contributed by atoms with van der Waals surface area (Å²) in [6.45, 7) is 10.1. The molecular weight excluding hydrogens is 236 g/mol. The Bertz CT molecular complexity index is 304. The molecule has 0 spiro atoms. The lowest BCUT2D eigenvalue weighted by atomic mass is 9.77. The number of carbonyl (C=O) groups excluding carboxylic acids is 1. The number of amides is 1. The molecule has 1 rings (SSSR count). The van der Waals surface area contributed by atoms with Crippen molar-refractivity contribution in [1.82, 2.24) is 4.90 Å². The van der Waals surface area contributed by atoms with Gasteiger partial charge in [0.15, 0.2) is 0 Å². The highest BCUT2D eigenvalue weighted by Crippen LogP contribution is 2.44. The molecule has 1 aliphatic rings. The van der Waals surface area contributed by atoms with Crippen molar-refractivity contribution in [1.29, 1.82) is 0 Å². The Balaban J connectivity index is 2.77. The standard InChI is InChI=1S/C16H32N2O/c1-13(2)10-16(8-6-7-9-16)14(19)18(5)12-15(3,4)11-17/h13H,6-12,17H2,1-5H3. The minimum absolute atomic E-state index is 0.00202. The number of hydrogen-bond donors (Lipinski definition) is 1. The lowest BCUT2D eigenvalue weighted by Crippen LogP contribution is -2.46. The summed E-state index contributed by atoms with van der Waals surface area (Å²) in [4.78, 5) is 14.8. The minimum atomic E-state index is -0.0897. The van der Waals surface area contributed by atoms with Gasteiger partial charge in [-0.3, -0.25) is 4.79 Å². The van der Waals surface area contributed by atoms with Crippen LogP contribution < -0.4 is 5.73 Å². The third-order valence-electron chi connectivity index (χ3n) is 4.38. The van der Waals surface area contributed by atoms with Crippen molar-refractivity contribution < 1.29 is 4.79 Å². The van der Waals surface area contributed by atoms with E-state index in [0.717, 1.165) is 25.8 Å². The summed E-state index contributed by atoms with van der Waals surface area (Å²) in [5, 5.41) is 0. The van der Waals surface area contributed by atoms with E-state index in [1.165, 1.54) is 12.8 Å². The fourth-order valence-corrected chi connectivity index (χ4v) is 3.52. The zero-order valence-corrected chi connectivity index (χ0v) is 13.5. The SMILES string of the molecule is CC(C)CC1(C(=O)N(C)CC(C)(C)CN)CCCC1. The van der Waals surface area contributed by atoms with E-state index in [1.807, 2.05) is 11.9 Å². The van der Waals surface area contributed by atoms with Crippen molar-refractivity contribution in [3.8, 4) is 0 Å². The highest BCUT2D eigenvalue weighted by Gasteiger charge is 2.43. The van der Waals surface area contributed by atoms with Crippen molar-refractivity contribution in [3.63, 3.8) is 0 Å². The van der Waals surface area contributed by atoms with Crippen LogP contribution in [0.2, 0.25) is 0 Å². The quantitative estimate of drug-likeness (QED) is 0.805. The Morgan fingerprint density at radius 2 is 1.84 bits per heavy atom. The van der Waals surface area contributed by atoms with Crippen LogP contribution in [0.25, 0.3) is 0 Å². The molecule has 0 saturated heterocycles. The number of nitrogens with two attached hydrogens (primary N) is 1. The van der Waals surface area contributed by atoms with E-state index in [0.29, 0.717) is 18.4 Å². The molecule has 112 valence electrons. The molecule has 0 aromatic heterocycles. The second-order valence-corrected chi connectivity index (χ2v) is 7.61. The van der Waals surface area contributed by atoms with Crippen LogP contribution >= 0.6 is 0 Å². The number of rotatable bonds is 6. The molecule has 0 bridgehead atoms. The maximum atomic E-state index is 12.9. The Kier molecular flexibility index (Phi) is 5.43. The lowest BCUT2D eigenvalue weighted by molar-refractivity contribution is -0.142. The maximum absolute atomic E-state index is 12.9. The van der Waals surface area contributed by atoms with Crippen molar-refractivity contribution in [2.24, 2.45) is 22.5 Å². The Hall–Kier alpha value is -0.570. The van der Waals surface area contributed by atoms with Gasteiger partial charge in [-0.1, -0.05) is 40.5 Å². The Morgan fingerprint density at radius 1 is 1.32 bits per heavy atom. The predicted molar refractivity (Wildman–Crippen MR) is 80.8 cm³/mol. The van der Waals surface area contributed by atoms with E-state index < -0.39 is 0 Å². The molecule has 0 radical (unpaired) electrons. The number of nitrogens with zero attached hydrogens (tertiary/aromatic N) is 1. The van der Waals surface area contributed by atoms with Crippen molar-refractivity contribution in [2.75, 3.05) is 20.1 Å². The molecule has 3 nitrogen and oxygen atoms in total. The summed E-state index contributed by atoms with van der Waals surface area (Å²) < 4.78 is 0. The van der Waals surface area contributed by atoms with E-state index in [2.05, 4.69) is 27.7 Å². The van der Waals surface area contributed by atoms with Gasteiger partial charge in [-0.15, -0.1) is 0 Å². The van der Waals surface area contributed by atoms with Crippen molar-refractivity contribution in [3.05, 3.63) is 0 Å². The third kappa shape index (κ3) is 4.20. The summed E-state index contributed by atoms with van der Waals surface area (Å²) >= 11 is 0. The molecule has 2 N–H and O–H groups in total. The Labute approximate surface area is 118 Å². The van der Waals surface area contributed by atoms with Crippen LogP contribution in [0.4, 0.5) is 0 Å². The Morgan fingerprint density at radius 3 is 2.26 bits per heavy atom. The third-order valence-corrected chi connectivity index (χ3v) is 4.38. The summed E-state index contributed by atoms with van der Waals surface area (Å²) in [5.41, 5.74) is 5.70. The molecule has 0 aromatic carbocycles. The predicted octanol–water partition coefficient (Wildman–Crippen LogP) is 3.04. The van der Waals surface area contributed by atoms with Crippen LogP contribution in [0.5, 0.6) is 0 Å². The second kappa shape index (κ2) is 6.25. The first kappa shape index (κ1) is 16.5. The van der Waals surface area contributed by atoms with Gasteiger partial charge in [0.2, 0.25) is 5.91 Å². The smallest absolute Gasteiger partial charge is 0.228 e. The number of carbonyl (C=O) groups is 1. The molecule has 1 saturated carbocycles. The van der Waals surface area contributed by atoms with E-state index in [9.17, 15) is 4.79 Å². The largest absolute Gasteiger partial charge is 0.345 e. The molecule has 0 atom stereocenters. The minimum Gasteiger partial charge on any atom is -0.345 e. The van der Waals surface area contributed by atoms with Gasteiger partial charge in [-0.05, 0) is 37.1 Å². The summed E-state index contributed by atoms with van der Waals surface area (Å²) in [5.74, 6) is 0.929. The normalized spacial score (nSPS) is 18.9. The summed E-state index contributed by atoms with van der Waals surface area (Å²) in [6.07, 6.45) is 5.56. The molecule has 0 unspecified atom stereocenters. The molecular formula is C16H32N2O. The molecule has 1 amide bonds. The van der Waals surface area contributed by atoms with E-state index in [-0.39, 0.29) is 10.8 Å². The average Bonchev–Trinajstić information content (AvgIpc) is 2.76. The first-order valence-corrected chi connectivity index (χ1v) is 7.68. The van der Waals surface area contributed by atoms with Crippen LogP contribution in [-0.2, 0) is 4.79 Å². The van der Waals surface area contributed by atoms with Gasteiger partial charge in [-0.25, -0.2) is 0 Å². The molecule has 0 aromatic rings. The maximum Gasteiger partial charge on any atom is 0.228 e. The van der Waals surface area contributed by atoms with Crippen LogP contribution in [0.3, 0.4) is 0 Å². The van der Waals surface area contributed by atoms with Gasteiger partial charge in [0, 0.05) is 19.0 Å². The first-order chi connectivity index (χ1) is 8.72. The fraction of sp³-hybridized carbons (Fsp3) is 0.938.